The molecule has 0 spiro atoms. The molecule has 0 atom stereocenters. The first kappa shape index (κ1) is 14.6. The van der Waals surface area contributed by atoms with Crippen LogP contribution in [0.2, 0.25) is 0 Å². The van der Waals surface area contributed by atoms with Crippen LogP contribution < -0.4 is 4.74 Å². The standard InChI is InChI=1S/C19H20O3/c1-13-8-9-14(10-16(13)11-19(20)21)12-22-18-7-3-5-15-4-2-6-17(15)18/h3,5,7-10H,2,4,6,11-12H2,1H3,(H,20,21). The highest BCUT2D eigenvalue weighted by molar-refractivity contribution is 5.70. The molecule has 3 nitrogen and oxygen atoms in total. The molecule has 1 aliphatic carbocycles. The van der Waals surface area contributed by atoms with Gasteiger partial charge in [-0.2, -0.15) is 0 Å². The first-order valence-electron chi connectivity index (χ1n) is 7.67. The van der Waals surface area contributed by atoms with E-state index in [1.807, 2.05) is 37.3 Å². The second kappa shape index (κ2) is 6.22. The van der Waals surface area contributed by atoms with Crippen LogP contribution in [0.3, 0.4) is 0 Å². The Bertz CT molecular complexity index is 704. The molecule has 22 heavy (non-hydrogen) atoms. The van der Waals surface area contributed by atoms with E-state index in [1.54, 1.807) is 0 Å². The van der Waals surface area contributed by atoms with Crippen LogP contribution in [0.25, 0.3) is 0 Å². The molecule has 3 heteroatoms. The summed E-state index contributed by atoms with van der Waals surface area (Å²) in [6, 6.07) is 12.1. The number of rotatable bonds is 5. The minimum absolute atomic E-state index is 0.0560. The summed E-state index contributed by atoms with van der Waals surface area (Å²) in [5.74, 6) is 0.164. The zero-order valence-corrected chi connectivity index (χ0v) is 12.8. The molecule has 0 saturated heterocycles. The lowest BCUT2D eigenvalue weighted by molar-refractivity contribution is -0.136. The van der Waals surface area contributed by atoms with Gasteiger partial charge in [0, 0.05) is 0 Å². The monoisotopic (exact) mass is 296 g/mol. The van der Waals surface area contributed by atoms with Crippen LogP contribution in [0.15, 0.2) is 36.4 Å². The SMILES string of the molecule is Cc1ccc(COc2cccc3c2CCC3)cc1CC(=O)O. The van der Waals surface area contributed by atoms with Crippen molar-refractivity contribution in [1.82, 2.24) is 0 Å². The Hall–Kier alpha value is -2.29. The fourth-order valence-electron chi connectivity index (χ4n) is 3.05. The van der Waals surface area contributed by atoms with Crippen LogP contribution in [0, 0.1) is 6.92 Å². The number of aliphatic carboxylic acids is 1. The summed E-state index contributed by atoms with van der Waals surface area (Å²) in [7, 11) is 0. The van der Waals surface area contributed by atoms with Crippen LogP contribution in [0.1, 0.15) is 34.2 Å². The van der Waals surface area contributed by atoms with Crippen LogP contribution >= 0.6 is 0 Å². The second-order valence-electron chi connectivity index (χ2n) is 5.87. The smallest absolute Gasteiger partial charge is 0.307 e. The molecule has 1 aliphatic rings. The molecule has 0 unspecified atom stereocenters. The van der Waals surface area contributed by atoms with Gasteiger partial charge in [0.05, 0.1) is 6.42 Å². The van der Waals surface area contributed by atoms with Crippen molar-refractivity contribution < 1.29 is 14.6 Å². The van der Waals surface area contributed by atoms with Gasteiger partial charge < -0.3 is 9.84 Å². The molecule has 0 aromatic heterocycles. The average molecular weight is 296 g/mol. The first-order valence-corrected chi connectivity index (χ1v) is 7.67. The van der Waals surface area contributed by atoms with Gasteiger partial charge in [0.1, 0.15) is 12.4 Å². The summed E-state index contributed by atoms with van der Waals surface area (Å²) in [6.07, 6.45) is 3.48. The van der Waals surface area contributed by atoms with Crippen molar-refractivity contribution in [1.29, 1.82) is 0 Å². The maximum absolute atomic E-state index is 10.9. The van der Waals surface area contributed by atoms with E-state index in [0.29, 0.717) is 6.61 Å². The number of hydrogen-bond donors (Lipinski definition) is 1. The van der Waals surface area contributed by atoms with E-state index in [9.17, 15) is 4.79 Å². The molecule has 0 heterocycles. The van der Waals surface area contributed by atoms with Gasteiger partial charge in [0.2, 0.25) is 0 Å². The molecule has 114 valence electrons. The summed E-state index contributed by atoms with van der Waals surface area (Å²) < 4.78 is 5.99. The Morgan fingerprint density at radius 2 is 2.09 bits per heavy atom. The molecule has 0 fully saturated rings. The van der Waals surface area contributed by atoms with Gasteiger partial charge in [-0.15, -0.1) is 0 Å². The van der Waals surface area contributed by atoms with Crippen molar-refractivity contribution in [3.05, 3.63) is 64.2 Å². The third-order valence-corrected chi connectivity index (χ3v) is 4.25. The van der Waals surface area contributed by atoms with E-state index < -0.39 is 5.97 Å². The van der Waals surface area contributed by atoms with Gasteiger partial charge in [-0.3, -0.25) is 4.79 Å². The lowest BCUT2D eigenvalue weighted by Gasteiger charge is -2.12. The molecule has 0 radical (unpaired) electrons. The number of ether oxygens (including phenoxy) is 1. The zero-order valence-electron chi connectivity index (χ0n) is 12.8. The molecular formula is C19H20O3. The van der Waals surface area contributed by atoms with E-state index in [4.69, 9.17) is 9.84 Å². The summed E-state index contributed by atoms with van der Waals surface area (Å²) in [4.78, 5) is 10.9. The van der Waals surface area contributed by atoms with Crippen molar-refractivity contribution in [2.75, 3.05) is 0 Å². The van der Waals surface area contributed by atoms with Gasteiger partial charge in [-0.1, -0.05) is 30.3 Å². The minimum Gasteiger partial charge on any atom is -0.489 e. The summed E-state index contributed by atoms with van der Waals surface area (Å²) in [5.41, 5.74) is 5.60. The Morgan fingerprint density at radius 1 is 1.23 bits per heavy atom. The van der Waals surface area contributed by atoms with Crippen molar-refractivity contribution in [2.45, 2.75) is 39.2 Å². The van der Waals surface area contributed by atoms with Crippen LogP contribution in [-0.2, 0) is 30.7 Å². The normalized spacial score (nSPS) is 13.0. The fraction of sp³-hybridized carbons (Fsp3) is 0.316. The van der Waals surface area contributed by atoms with Gasteiger partial charge in [-0.05, 0) is 60.1 Å². The minimum atomic E-state index is -0.804. The highest BCUT2D eigenvalue weighted by atomic mass is 16.5. The number of carbonyl (C=O) groups is 1. The fourth-order valence-corrected chi connectivity index (χ4v) is 3.05. The number of fused-ring (bicyclic) bond motifs is 1. The van der Waals surface area contributed by atoms with E-state index >= 15 is 0 Å². The van der Waals surface area contributed by atoms with Crippen molar-refractivity contribution in [2.24, 2.45) is 0 Å². The van der Waals surface area contributed by atoms with Crippen LogP contribution in [0.4, 0.5) is 0 Å². The quantitative estimate of drug-likeness (QED) is 0.915. The van der Waals surface area contributed by atoms with Gasteiger partial charge in [0.15, 0.2) is 0 Å². The molecule has 2 aromatic rings. The van der Waals surface area contributed by atoms with Crippen molar-refractivity contribution in [3.8, 4) is 5.75 Å². The summed E-state index contributed by atoms with van der Waals surface area (Å²) in [5, 5.41) is 8.96. The molecule has 0 saturated carbocycles. The second-order valence-corrected chi connectivity index (χ2v) is 5.87. The van der Waals surface area contributed by atoms with E-state index in [0.717, 1.165) is 35.3 Å². The van der Waals surface area contributed by atoms with E-state index in [2.05, 4.69) is 6.07 Å². The molecule has 2 aromatic carbocycles. The lowest BCUT2D eigenvalue weighted by atomic mass is 10.0. The van der Waals surface area contributed by atoms with E-state index in [1.165, 1.54) is 17.5 Å². The van der Waals surface area contributed by atoms with E-state index in [-0.39, 0.29) is 6.42 Å². The Kier molecular flexibility index (Phi) is 4.14. The lowest BCUT2D eigenvalue weighted by Crippen LogP contribution is -2.04. The number of aryl methyl sites for hydroxylation is 2. The Morgan fingerprint density at radius 3 is 2.91 bits per heavy atom. The Balaban J connectivity index is 1.74. The molecular weight excluding hydrogens is 276 g/mol. The number of carboxylic acid groups (broad SMARTS) is 1. The predicted octanol–water partition coefficient (Wildman–Crippen LogP) is 3.69. The molecule has 0 aliphatic heterocycles. The van der Waals surface area contributed by atoms with Crippen LogP contribution in [-0.4, -0.2) is 11.1 Å². The largest absolute Gasteiger partial charge is 0.489 e. The number of hydrogen-bond acceptors (Lipinski definition) is 2. The van der Waals surface area contributed by atoms with Gasteiger partial charge >= 0.3 is 5.97 Å². The first-order chi connectivity index (χ1) is 10.6. The van der Waals surface area contributed by atoms with Crippen molar-refractivity contribution >= 4 is 5.97 Å². The van der Waals surface area contributed by atoms with Crippen LogP contribution in [0.5, 0.6) is 5.75 Å². The van der Waals surface area contributed by atoms with Gasteiger partial charge in [0.25, 0.3) is 0 Å². The van der Waals surface area contributed by atoms with Gasteiger partial charge in [-0.25, -0.2) is 0 Å². The predicted molar refractivity (Wildman–Crippen MR) is 85.3 cm³/mol. The Labute approximate surface area is 130 Å². The maximum Gasteiger partial charge on any atom is 0.307 e. The van der Waals surface area contributed by atoms with Crippen molar-refractivity contribution in [3.63, 3.8) is 0 Å². The zero-order chi connectivity index (χ0) is 15.5. The topological polar surface area (TPSA) is 46.5 Å². The summed E-state index contributed by atoms with van der Waals surface area (Å²) in [6.45, 7) is 2.41. The maximum atomic E-state index is 10.9. The highest BCUT2D eigenvalue weighted by Gasteiger charge is 2.15. The average Bonchev–Trinajstić information content (AvgIpc) is 2.96. The third-order valence-electron chi connectivity index (χ3n) is 4.25. The third kappa shape index (κ3) is 3.14. The molecule has 0 amide bonds. The summed E-state index contributed by atoms with van der Waals surface area (Å²) >= 11 is 0. The number of benzene rings is 2. The molecule has 0 bridgehead atoms. The highest BCUT2D eigenvalue weighted by Crippen LogP contribution is 2.31. The molecule has 3 rings (SSSR count). The molecule has 1 N–H and O–H groups in total. The number of carboxylic acids is 1.